The molecule has 7 heteroatoms. The van der Waals surface area contributed by atoms with E-state index in [1.165, 1.54) is 0 Å². The monoisotopic (exact) mass is 450 g/mol. The summed E-state index contributed by atoms with van der Waals surface area (Å²) in [5, 5.41) is 4.90. The molecule has 0 spiro atoms. The molecule has 1 N–H and O–H groups in total. The van der Waals surface area contributed by atoms with Gasteiger partial charge in [-0.25, -0.2) is 4.98 Å². The van der Waals surface area contributed by atoms with Crippen LogP contribution in [0.25, 0.3) is 11.5 Å². The summed E-state index contributed by atoms with van der Waals surface area (Å²) in [4.78, 5) is 18.8. The van der Waals surface area contributed by atoms with Crippen molar-refractivity contribution >= 4 is 28.0 Å². The second-order valence-electron chi connectivity index (χ2n) is 7.16. The minimum absolute atomic E-state index is 0.127. The number of benzene rings is 2. The fourth-order valence-electron chi connectivity index (χ4n) is 3.03. The lowest BCUT2D eigenvalue weighted by atomic mass is 10.1. The number of hydrogen-bond acceptors (Lipinski definition) is 5. The number of thiophene rings is 1. The van der Waals surface area contributed by atoms with Crippen LogP contribution < -0.4 is 5.32 Å². The molecule has 1 amide bonds. The molecule has 0 aliphatic carbocycles. The predicted octanol–water partition coefficient (Wildman–Crippen LogP) is 5.26. The smallest absolute Gasteiger partial charge is 0.251 e. The van der Waals surface area contributed by atoms with Crippen molar-refractivity contribution in [1.82, 2.24) is 10.3 Å². The second kappa shape index (κ2) is 9.41. The standard InChI is InChI=1S/C24H22N2O3S2/c1-16-5-11-21(12-6-16)31(28)15-22-17(2)29-24(26-22)19-9-7-18(8-10-19)23(27)25-14-20-4-3-13-30-20/h3-13H,14-15H2,1-2H3,(H,25,27)/t31-/m0/s1. The predicted molar refractivity (Wildman–Crippen MR) is 123 cm³/mol. The normalized spacial score (nSPS) is 11.9. The summed E-state index contributed by atoms with van der Waals surface area (Å²) in [6, 6.07) is 18.7. The van der Waals surface area contributed by atoms with E-state index in [0.717, 1.165) is 20.9 Å². The number of nitrogens with one attached hydrogen (secondary N) is 1. The highest BCUT2D eigenvalue weighted by Crippen LogP contribution is 2.24. The summed E-state index contributed by atoms with van der Waals surface area (Å²) in [7, 11) is -1.20. The first kappa shape index (κ1) is 21.2. The Morgan fingerprint density at radius 1 is 1.06 bits per heavy atom. The van der Waals surface area contributed by atoms with Gasteiger partial charge < -0.3 is 9.73 Å². The molecule has 0 bridgehead atoms. The highest BCUT2D eigenvalue weighted by Gasteiger charge is 2.16. The van der Waals surface area contributed by atoms with Gasteiger partial charge in [0, 0.05) is 20.9 Å². The molecule has 1 atom stereocenters. The van der Waals surface area contributed by atoms with Crippen LogP contribution in [-0.2, 0) is 23.1 Å². The van der Waals surface area contributed by atoms with E-state index < -0.39 is 10.8 Å². The van der Waals surface area contributed by atoms with E-state index in [0.29, 0.717) is 35.2 Å². The Morgan fingerprint density at radius 3 is 2.48 bits per heavy atom. The van der Waals surface area contributed by atoms with Crippen molar-refractivity contribution in [1.29, 1.82) is 0 Å². The molecule has 0 aliphatic rings. The summed E-state index contributed by atoms with van der Waals surface area (Å²) >= 11 is 1.61. The highest BCUT2D eigenvalue weighted by atomic mass is 32.2. The Balaban J connectivity index is 1.43. The molecule has 158 valence electrons. The number of rotatable bonds is 7. The molecule has 0 aliphatic heterocycles. The summed E-state index contributed by atoms with van der Waals surface area (Å²) in [6.07, 6.45) is 0. The molecule has 2 aromatic carbocycles. The zero-order valence-electron chi connectivity index (χ0n) is 17.3. The van der Waals surface area contributed by atoms with E-state index in [1.54, 1.807) is 23.5 Å². The van der Waals surface area contributed by atoms with E-state index in [4.69, 9.17) is 4.42 Å². The van der Waals surface area contributed by atoms with Gasteiger partial charge in [0.25, 0.3) is 5.91 Å². The average Bonchev–Trinajstić information content (AvgIpc) is 3.42. The number of aryl methyl sites for hydroxylation is 2. The van der Waals surface area contributed by atoms with E-state index in [-0.39, 0.29) is 5.91 Å². The Kier molecular flexibility index (Phi) is 6.44. The Morgan fingerprint density at radius 2 is 1.81 bits per heavy atom. The van der Waals surface area contributed by atoms with Gasteiger partial charge in [0.05, 0.1) is 28.8 Å². The SMILES string of the molecule is Cc1ccc([S@@](=O)Cc2nc(-c3ccc(C(=O)NCc4cccs4)cc3)oc2C)cc1. The number of amides is 1. The van der Waals surface area contributed by atoms with Gasteiger partial charge in [-0.15, -0.1) is 11.3 Å². The summed E-state index contributed by atoms with van der Waals surface area (Å²) < 4.78 is 18.5. The molecule has 0 saturated carbocycles. The number of nitrogens with zero attached hydrogens (tertiary/aromatic N) is 1. The first-order chi connectivity index (χ1) is 15.0. The average molecular weight is 451 g/mol. The molecule has 2 heterocycles. The van der Waals surface area contributed by atoms with E-state index in [2.05, 4.69) is 10.3 Å². The Hall–Kier alpha value is -3.03. The molecule has 0 radical (unpaired) electrons. The van der Waals surface area contributed by atoms with Gasteiger partial charge in [0.2, 0.25) is 5.89 Å². The van der Waals surface area contributed by atoms with Gasteiger partial charge in [-0.3, -0.25) is 9.00 Å². The van der Waals surface area contributed by atoms with Crippen LogP contribution in [0.15, 0.2) is 75.4 Å². The van der Waals surface area contributed by atoms with Crippen LogP contribution in [0.1, 0.15) is 32.3 Å². The van der Waals surface area contributed by atoms with Crippen LogP contribution in [0, 0.1) is 13.8 Å². The summed E-state index contributed by atoms with van der Waals surface area (Å²) in [5.74, 6) is 1.27. The maximum absolute atomic E-state index is 12.7. The lowest BCUT2D eigenvalue weighted by Crippen LogP contribution is -2.22. The first-order valence-electron chi connectivity index (χ1n) is 9.82. The Labute approximate surface area is 187 Å². The minimum atomic E-state index is -1.20. The van der Waals surface area contributed by atoms with Crippen LogP contribution >= 0.6 is 11.3 Å². The van der Waals surface area contributed by atoms with Gasteiger partial charge in [-0.05, 0) is 61.7 Å². The van der Waals surface area contributed by atoms with Crippen molar-refractivity contribution in [2.24, 2.45) is 0 Å². The number of carbonyl (C=O) groups is 1. The van der Waals surface area contributed by atoms with Gasteiger partial charge in [-0.1, -0.05) is 23.8 Å². The number of oxazole rings is 1. The van der Waals surface area contributed by atoms with Crippen molar-refractivity contribution < 1.29 is 13.4 Å². The molecular weight excluding hydrogens is 428 g/mol. The van der Waals surface area contributed by atoms with Crippen LogP contribution in [0.5, 0.6) is 0 Å². The van der Waals surface area contributed by atoms with Crippen LogP contribution in [-0.4, -0.2) is 15.1 Å². The molecular formula is C24H22N2O3S2. The molecule has 5 nitrogen and oxygen atoms in total. The second-order valence-corrected chi connectivity index (χ2v) is 9.65. The van der Waals surface area contributed by atoms with Crippen LogP contribution in [0.4, 0.5) is 0 Å². The van der Waals surface area contributed by atoms with Gasteiger partial charge in [-0.2, -0.15) is 0 Å². The van der Waals surface area contributed by atoms with Gasteiger partial charge >= 0.3 is 0 Å². The highest BCUT2D eigenvalue weighted by molar-refractivity contribution is 7.84. The fraction of sp³-hybridized carbons (Fsp3) is 0.167. The third kappa shape index (κ3) is 5.18. The molecule has 0 unspecified atom stereocenters. The van der Waals surface area contributed by atoms with Crippen LogP contribution in [0.3, 0.4) is 0 Å². The lowest BCUT2D eigenvalue weighted by Gasteiger charge is -2.04. The van der Waals surface area contributed by atoms with Crippen molar-refractivity contribution in [3.8, 4) is 11.5 Å². The third-order valence-corrected chi connectivity index (χ3v) is 7.05. The molecule has 2 aromatic heterocycles. The maximum atomic E-state index is 12.7. The Bertz CT molecular complexity index is 1190. The van der Waals surface area contributed by atoms with Crippen LogP contribution in [0.2, 0.25) is 0 Å². The van der Waals surface area contributed by atoms with Crippen molar-refractivity contribution in [3.05, 3.63) is 93.5 Å². The molecule has 4 rings (SSSR count). The van der Waals surface area contributed by atoms with E-state index in [1.807, 2.05) is 67.8 Å². The first-order valence-corrected chi connectivity index (χ1v) is 12.0. The zero-order valence-corrected chi connectivity index (χ0v) is 18.9. The zero-order chi connectivity index (χ0) is 21.8. The quantitative estimate of drug-likeness (QED) is 0.417. The summed E-state index contributed by atoms with van der Waals surface area (Å²) in [6.45, 7) is 4.34. The largest absolute Gasteiger partial charge is 0.441 e. The number of aromatic nitrogens is 1. The lowest BCUT2D eigenvalue weighted by molar-refractivity contribution is 0.0951. The number of carbonyl (C=O) groups excluding carboxylic acids is 1. The molecule has 0 fully saturated rings. The summed E-state index contributed by atoms with van der Waals surface area (Å²) in [5.41, 5.74) is 3.14. The fourth-order valence-corrected chi connectivity index (χ4v) is 4.80. The molecule has 4 aromatic rings. The van der Waals surface area contributed by atoms with Crippen molar-refractivity contribution in [3.63, 3.8) is 0 Å². The van der Waals surface area contributed by atoms with Gasteiger partial charge in [0.15, 0.2) is 0 Å². The van der Waals surface area contributed by atoms with Crippen molar-refractivity contribution in [2.45, 2.75) is 31.0 Å². The molecule has 0 saturated heterocycles. The number of hydrogen-bond donors (Lipinski definition) is 1. The van der Waals surface area contributed by atoms with E-state index in [9.17, 15) is 9.00 Å². The maximum Gasteiger partial charge on any atom is 0.251 e. The minimum Gasteiger partial charge on any atom is -0.441 e. The van der Waals surface area contributed by atoms with Gasteiger partial charge in [0.1, 0.15) is 5.76 Å². The third-order valence-electron chi connectivity index (χ3n) is 4.84. The van der Waals surface area contributed by atoms with Crippen molar-refractivity contribution in [2.75, 3.05) is 0 Å². The topological polar surface area (TPSA) is 72.2 Å². The molecule has 31 heavy (non-hydrogen) atoms. The van der Waals surface area contributed by atoms with E-state index >= 15 is 0 Å².